The van der Waals surface area contributed by atoms with Crippen molar-refractivity contribution in [1.29, 1.82) is 0 Å². The molecule has 3 rings (SSSR count). The van der Waals surface area contributed by atoms with Crippen LogP contribution in [0, 0.1) is 0 Å². The second-order valence-electron chi connectivity index (χ2n) is 4.42. The summed E-state index contributed by atoms with van der Waals surface area (Å²) in [5, 5.41) is 21.0. The number of phenols is 1. The van der Waals surface area contributed by atoms with Gasteiger partial charge >= 0.3 is 0 Å². The zero-order valence-corrected chi connectivity index (χ0v) is 11.8. The Hall–Kier alpha value is -2.04. The molecule has 0 fully saturated rings. The molecular weight excluding hydrogens is 272 g/mol. The van der Waals surface area contributed by atoms with Crippen molar-refractivity contribution in [3.05, 3.63) is 48.0 Å². The minimum absolute atomic E-state index is 0.0595. The van der Waals surface area contributed by atoms with Gasteiger partial charge in [0, 0.05) is 20.7 Å². The van der Waals surface area contributed by atoms with Crippen LogP contribution in [-0.2, 0) is 6.61 Å². The molecule has 2 N–H and O–H groups in total. The molecule has 0 spiro atoms. The van der Waals surface area contributed by atoms with Crippen molar-refractivity contribution in [3.63, 3.8) is 0 Å². The van der Waals surface area contributed by atoms with Crippen LogP contribution < -0.4 is 4.74 Å². The van der Waals surface area contributed by atoms with Gasteiger partial charge < -0.3 is 14.9 Å². The van der Waals surface area contributed by atoms with Crippen LogP contribution in [0.3, 0.4) is 0 Å². The molecule has 0 bridgehead atoms. The Morgan fingerprint density at radius 1 is 1.10 bits per heavy atom. The molecule has 3 aromatic rings. The lowest BCUT2D eigenvalue weighted by Crippen LogP contribution is -1.88. The van der Waals surface area contributed by atoms with Gasteiger partial charge in [-0.3, -0.25) is 0 Å². The Balaban J connectivity index is 2.29. The van der Waals surface area contributed by atoms with E-state index in [-0.39, 0.29) is 12.4 Å². The predicted molar refractivity (Wildman–Crippen MR) is 81.4 cm³/mol. The second-order valence-corrected chi connectivity index (χ2v) is 5.47. The fourth-order valence-electron chi connectivity index (χ4n) is 2.34. The smallest absolute Gasteiger partial charge is 0.166 e. The Morgan fingerprint density at radius 3 is 2.65 bits per heavy atom. The van der Waals surface area contributed by atoms with E-state index in [9.17, 15) is 10.2 Å². The summed E-state index contributed by atoms with van der Waals surface area (Å²) >= 11 is 1.56. The molecule has 2 aromatic carbocycles. The first-order valence-electron chi connectivity index (χ1n) is 6.24. The number of hydrogen-bond donors (Lipinski definition) is 2. The molecule has 0 aliphatic heterocycles. The molecule has 4 heteroatoms. The van der Waals surface area contributed by atoms with Crippen molar-refractivity contribution in [2.24, 2.45) is 0 Å². The SMILES string of the molecule is COc1cccc(-c2sc3ccccc3c2CO)c1O. The minimum Gasteiger partial charge on any atom is -0.504 e. The highest BCUT2D eigenvalue weighted by molar-refractivity contribution is 7.22. The lowest BCUT2D eigenvalue weighted by Gasteiger charge is -2.08. The summed E-state index contributed by atoms with van der Waals surface area (Å²) in [5.41, 5.74) is 1.53. The molecule has 1 heterocycles. The molecule has 0 saturated heterocycles. The van der Waals surface area contributed by atoms with Crippen molar-refractivity contribution in [2.75, 3.05) is 7.11 Å². The summed E-state index contributed by atoms with van der Waals surface area (Å²) in [6.07, 6.45) is 0. The van der Waals surface area contributed by atoms with Gasteiger partial charge in [-0.25, -0.2) is 0 Å². The second kappa shape index (κ2) is 5.15. The van der Waals surface area contributed by atoms with Gasteiger partial charge in [0.2, 0.25) is 0 Å². The molecule has 20 heavy (non-hydrogen) atoms. The Labute approximate surface area is 120 Å². The number of rotatable bonds is 3. The third kappa shape index (κ3) is 1.94. The highest BCUT2D eigenvalue weighted by Gasteiger charge is 2.17. The normalized spacial score (nSPS) is 10.9. The van der Waals surface area contributed by atoms with E-state index < -0.39 is 0 Å². The number of benzene rings is 2. The van der Waals surface area contributed by atoms with Crippen molar-refractivity contribution in [3.8, 4) is 21.9 Å². The quantitative estimate of drug-likeness (QED) is 0.770. The maximum atomic E-state index is 10.3. The molecule has 102 valence electrons. The highest BCUT2D eigenvalue weighted by Crippen LogP contribution is 2.44. The number of methoxy groups -OCH3 is 1. The van der Waals surface area contributed by atoms with Gasteiger partial charge in [0.15, 0.2) is 11.5 Å². The van der Waals surface area contributed by atoms with Crippen LogP contribution in [0.4, 0.5) is 0 Å². The third-order valence-electron chi connectivity index (χ3n) is 3.32. The molecule has 0 unspecified atom stereocenters. The van der Waals surface area contributed by atoms with Crippen molar-refractivity contribution >= 4 is 21.4 Å². The number of aliphatic hydroxyl groups excluding tert-OH is 1. The zero-order chi connectivity index (χ0) is 14.1. The number of ether oxygens (including phenoxy) is 1. The van der Waals surface area contributed by atoms with Crippen LogP contribution in [-0.4, -0.2) is 17.3 Å². The monoisotopic (exact) mass is 286 g/mol. The van der Waals surface area contributed by atoms with E-state index in [1.165, 1.54) is 7.11 Å². The predicted octanol–water partition coefficient (Wildman–Crippen LogP) is 3.77. The zero-order valence-electron chi connectivity index (χ0n) is 11.0. The lowest BCUT2D eigenvalue weighted by molar-refractivity contribution is 0.284. The maximum Gasteiger partial charge on any atom is 0.166 e. The van der Waals surface area contributed by atoms with E-state index in [1.54, 1.807) is 17.4 Å². The first-order valence-corrected chi connectivity index (χ1v) is 7.05. The molecule has 3 nitrogen and oxygen atoms in total. The van der Waals surface area contributed by atoms with Gasteiger partial charge in [-0.2, -0.15) is 0 Å². The summed E-state index contributed by atoms with van der Waals surface area (Å²) in [6, 6.07) is 13.3. The Morgan fingerprint density at radius 2 is 1.90 bits per heavy atom. The van der Waals surface area contributed by atoms with E-state index in [1.807, 2.05) is 36.4 Å². The maximum absolute atomic E-state index is 10.3. The van der Waals surface area contributed by atoms with E-state index >= 15 is 0 Å². The van der Waals surface area contributed by atoms with Crippen LogP contribution in [0.2, 0.25) is 0 Å². The first-order chi connectivity index (χ1) is 9.76. The van der Waals surface area contributed by atoms with Gasteiger partial charge in [-0.1, -0.05) is 24.3 Å². The van der Waals surface area contributed by atoms with E-state index in [0.717, 1.165) is 20.5 Å². The largest absolute Gasteiger partial charge is 0.504 e. The van der Waals surface area contributed by atoms with Crippen LogP contribution in [0.15, 0.2) is 42.5 Å². The number of aromatic hydroxyl groups is 1. The molecular formula is C16H14O3S. The van der Waals surface area contributed by atoms with Gasteiger partial charge in [0.25, 0.3) is 0 Å². The van der Waals surface area contributed by atoms with Gasteiger partial charge in [0.05, 0.1) is 13.7 Å². The number of para-hydroxylation sites is 1. The van der Waals surface area contributed by atoms with Crippen molar-refractivity contribution in [1.82, 2.24) is 0 Å². The standard InChI is InChI=1S/C16H14O3S/c1-19-13-7-4-6-11(15(13)18)16-12(9-17)10-5-2-3-8-14(10)20-16/h2-8,17-18H,9H2,1H3. The first kappa shape index (κ1) is 13.0. The summed E-state index contributed by atoms with van der Waals surface area (Å²) < 4.78 is 6.24. The molecule has 0 saturated carbocycles. The average molecular weight is 286 g/mol. The van der Waals surface area contributed by atoms with E-state index in [4.69, 9.17) is 4.74 Å². The average Bonchev–Trinajstić information content (AvgIpc) is 2.85. The molecule has 0 aliphatic carbocycles. The summed E-state index contributed by atoms with van der Waals surface area (Å²) in [5.74, 6) is 0.542. The van der Waals surface area contributed by atoms with Crippen LogP contribution >= 0.6 is 11.3 Å². The van der Waals surface area contributed by atoms with Gasteiger partial charge in [-0.15, -0.1) is 11.3 Å². The summed E-state index contributed by atoms with van der Waals surface area (Å²) in [4.78, 5) is 0.880. The minimum atomic E-state index is -0.0595. The molecule has 0 amide bonds. The summed E-state index contributed by atoms with van der Waals surface area (Å²) in [6.45, 7) is -0.0595. The number of fused-ring (bicyclic) bond motifs is 1. The van der Waals surface area contributed by atoms with Crippen LogP contribution in [0.1, 0.15) is 5.56 Å². The van der Waals surface area contributed by atoms with E-state index in [0.29, 0.717) is 11.3 Å². The number of hydrogen-bond acceptors (Lipinski definition) is 4. The van der Waals surface area contributed by atoms with Crippen LogP contribution in [0.25, 0.3) is 20.5 Å². The van der Waals surface area contributed by atoms with Crippen molar-refractivity contribution in [2.45, 2.75) is 6.61 Å². The molecule has 0 atom stereocenters. The number of aliphatic hydroxyl groups is 1. The molecule has 0 aliphatic rings. The van der Waals surface area contributed by atoms with Crippen molar-refractivity contribution < 1.29 is 14.9 Å². The van der Waals surface area contributed by atoms with E-state index in [2.05, 4.69) is 0 Å². The van der Waals surface area contributed by atoms with Crippen LogP contribution in [0.5, 0.6) is 11.5 Å². The van der Waals surface area contributed by atoms with Gasteiger partial charge in [-0.05, 0) is 23.6 Å². The number of phenolic OH excluding ortho intramolecular Hbond substituents is 1. The molecule has 0 radical (unpaired) electrons. The fourth-order valence-corrected chi connectivity index (χ4v) is 3.58. The fraction of sp³-hybridized carbons (Fsp3) is 0.125. The lowest BCUT2D eigenvalue weighted by atomic mass is 10.1. The van der Waals surface area contributed by atoms with Gasteiger partial charge in [0.1, 0.15) is 0 Å². The topological polar surface area (TPSA) is 49.7 Å². The Kier molecular flexibility index (Phi) is 3.34. The third-order valence-corrected chi connectivity index (χ3v) is 4.57. The number of thiophene rings is 1. The molecule has 1 aromatic heterocycles. The Bertz CT molecular complexity index is 762. The highest BCUT2D eigenvalue weighted by atomic mass is 32.1. The summed E-state index contributed by atoms with van der Waals surface area (Å²) in [7, 11) is 1.52.